The number of hydrogen-bond acceptors (Lipinski definition) is 8. The van der Waals surface area contributed by atoms with Crippen molar-refractivity contribution in [1.29, 1.82) is 10.5 Å². The van der Waals surface area contributed by atoms with E-state index in [1.54, 1.807) is 12.1 Å². The molecule has 108 valence electrons. The Hall–Kier alpha value is -4.06. The number of nitrogens with zero attached hydrogens (tertiary/aromatic N) is 6. The van der Waals surface area contributed by atoms with Gasteiger partial charge in [0.2, 0.25) is 11.9 Å². The molecule has 4 N–H and O–H groups in total. The zero-order chi connectivity index (χ0) is 16.3. The molecule has 12 nitrogen and oxygen atoms in total. The summed E-state index contributed by atoms with van der Waals surface area (Å²) in [6, 6.07) is 3.35. The maximum atomic E-state index is 10.8. The van der Waals surface area contributed by atoms with E-state index in [0.29, 0.717) is 0 Å². The summed E-state index contributed by atoms with van der Waals surface area (Å²) in [4.78, 5) is 33.3. The minimum Gasteiger partial charge on any atom is -0.477 e. The second kappa shape index (κ2) is 5.51. The Morgan fingerprint density at radius 3 is 2.05 bits per heavy atom. The molecule has 0 radical (unpaired) electrons. The van der Waals surface area contributed by atoms with Crippen molar-refractivity contribution in [2.24, 2.45) is 10.2 Å². The number of nitrogens with one attached hydrogen (secondary N) is 2. The first kappa shape index (κ1) is 14.4. The van der Waals surface area contributed by atoms with Crippen molar-refractivity contribution in [1.82, 2.24) is 19.9 Å². The van der Waals surface area contributed by atoms with Crippen molar-refractivity contribution in [3.05, 3.63) is 22.8 Å². The lowest BCUT2D eigenvalue weighted by Crippen LogP contribution is -2.07. The molecule has 0 spiro atoms. The normalized spacial score (nSPS) is 10.3. The molecule has 0 aliphatic rings. The number of aromatic carboxylic acids is 2. The smallest absolute Gasteiger partial charge is 0.357 e. The van der Waals surface area contributed by atoms with Crippen LogP contribution in [0.3, 0.4) is 0 Å². The van der Waals surface area contributed by atoms with Gasteiger partial charge >= 0.3 is 11.9 Å². The fourth-order valence-corrected chi connectivity index (χ4v) is 1.38. The molecule has 0 bridgehead atoms. The van der Waals surface area contributed by atoms with E-state index < -0.39 is 23.3 Å². The predicted octanol–water partition coefficient (Wildman–Crippen LogP) is 0.688. The van der Waals surface area contributed by atoms with Gasteiger partial charge in [0.25, 0.3) is 0 Å². The lowest BCUT2D eigenvalue weighted by molar-refractivity contribution is 0.0644. The van der Waals surface area contributed by atoms with Crippen LogP contribution < -0.4 is 0 Å². The van der Waals surface area contributed by atoms with Gasteiger partial charge in [-0.1, -0.05) is 0 Å². The average molecular weight is 300 g/mol. The SMILES string of the molecule is N#Cc1nc(N=Nc2nc(C(=O)O)c(C(=O)O)[nH]2)[nH]c1C#N. The second-order valence-electron chi connectivity index (χ2n) is 3.60. The Labute approximate surface area is 120 Å². The molecule has 2 rings (SSSR count). The van der Waals surface area contributed by atoms with Crippen molar-refractivity contribution in [3.8, 4) is 12.1 Å². The third kappa shape index (κ3) is 2.61. The lowest BCUT2D eigenvalue weighted by atomic mass is 10.3. The van der Waals surface area contributed by atoms with Crippen LogP contribution in [0, 0.1) is 22.7 Å². The lowest BCUT2D eigenvalue weighted by Gasteiger charge is -1.88. The summed E-state index contributed by atoms with van der Waals surface area (Å²) in [6.07, 6.45) is 0. The van der Waals surface area contributed by atoms with Crippen LogP contribution in [0.1, 0.15) is 32.4 Å². The van der Waals surface area contributed by atoms with Crippen LogP contribution in [0.4, 0.5) is 11.9 Å². The van der Waals surface area contributed by atoms with Crippen molar-refractivity contribution in [2.45, 2.75) is 0 Å². The Bertz CT molecular complexity index is 815. The molecule has 2 aromatic rings. The van der Waals surface area contributed by atoms with Gasteiger partial charge in [0.1, 0.15) is 12.1 Å². The number of nitriles is 2. The molecule has 2 heterocycles. The minimum atomic E-state index is -1.55. The fraction of sp³-hybridized carbons (Fsp3) is 0. The van der Waals surface area contributed by atoms with E-state index in [1.165, 1.54) is 0 Å². The maximum Gasteiger partial charge on any atom is 0.357 e. The monoisotopic (exact) mass is 300 g/mol. The summed E-state index contributed by atoms with van der Waals surface area (Å²) in [5, 5.41) is 42.0. The van der Waals surface area contributed by atoms with Crippen LogP contribution in [0.25, 0.3) is 0 Å². The third-order valence-corrected chi connectivity index (χ3v) is 2.26. The highest BCUT2D eigenvalue weighted by molar-refractivity contribution is 5.99. The van der Waals surface area contributed by atoms with Crippen LogP contribution in [-0.2, 0) is 0 Å². The highest BCUT2D eigenvalue weighted by atomic mass is 16.4. The van der Waals surface area contributed by atoms with Crippen molar-refractivity contribution in [3.63, 3.8) is 0 Å². The molecule has 0 aliphatic heterocycles. The van der Waals surface area contributed by atoms with Crippen molar-refractivity contribution < 1.29 is 19.8 Å². The number of H-pyrrole nitrogens is 2. The summed E-state index contributed by atoms with van der Waals surface area (Å²) in [6.45, 7) is 0. The summed E-state index contributed by atoms with van der Waals surface area (Å²) < 4.78 is 0. The molecule has 0 saturated heterocycles. The summed E-state index contributed by atoms with van der Waals surface area (Å²) in [5.74, 6) is -3.66. The summed E-state index contributed by atoms with van der Waals surface area (Å²) in [7, 11) is 0. The number of rotatable bonds is 4. The number of azo groups is 1. The first-order valence-electron chi connectivity index (χ1n) is 5.34. The largest absolute Gasteiger partial charge is 0.477 e. The predicted molar refractivity (Wildman–Crippen MR) is 64.7 cm³/mol. The molecule has 2 aromatic heterocycles. The highest BCUT2D eigenvalue weighted by Gasteiger charge is 2.21. The number of hydrogen-bond donors (Lipinski definition) is 4. The van der Waals surface area contributed by atoms with Gasteiger partial charge in [-0.3, -0.25) is 0 Å². The van der Waals surface area contributed by atoms with E-state index in [2.05, 4.69) is 30.2 Å². The number of carbonyl (C=O) groups is 2. The summed E-state index contributed by atoms with van der Waals surface area (Å²) in [5.41, 5.74) is -1.69. The van der Waals surface area contributed by atoms with Gasteiger partial charge in [-0.15, -0.1) is 10.2 Å². The van der Waals surface area contributed by atoms with Crippen LogP contribution in [-0.4, -0.2) is 42.1 Å². The first-order valence-corrected chi connectivity index (χ1v) is 5.34. The molecule has 0 unspecified atom stereocenters. The number of aromatic nitrogens is 4. The van der Waals surface area contributed by atoms with E-state index in [0.717, 1.165) is 0 Å². The van der Waals surface area contributed by atoms with Gasteiger partial charge in [-0.05, 0) is 0 Å². The fourth-order valence-electron chi connectivity index (χ4n) is 1.38. The molecule has 0 aliphatic carbocycles. The van der Waals surface area contributed by atoms with E-state index >= 15 is 0 Å². The second-order valence-corrected chi connectivity index (χ2v) is 3.60. The third-order valence-electron chi connectivity index (χ3n) is 2.26. The Kier molecular flexibility index (Phi) is 3.60. The van der Waals surface area contributed by atoms with E-state index in [4.69, 9.17) is 20.7 Å². The minimum absolute atomic E-state index is 0.117. The molecule has 22 heavy (non-hydrogen) atoms. The van der Waals surface area contributed by atoms with Gasteiger partial charge < -0.3 is 20.2 Å². The summed E-state index contributed by atoms with van der Waals surface area (Å²) >= 11 is 0. The van der Waals surface area contributed by atoms with Gasteiger partial charge in [-0.25, -0.2) is 14.6 Å². The van der Waals surface area contributed by atoms with Gasteiger partial charge in [-0.2, -0.15) is 15.5 Å². The zero-order valence-corrected chi connectivity index (χ0v) is 10.4. The molecule has 0 amide bonds. The maximum absolute atomic E-state index is 10.8. The number of imidazole rings is 2. The molecular weight excluding hydrogens is 296 g/mol. The number of carboxylic acid groups (broad SMARTS) is 2. The molecular formula is C10H4N8O4. The van der Waals surface area contributed by atoms with E-state index in [9.17, 15) is 9.59 Å². The average Bonchev–Trinajstić information content (AvgIpc) is 3.08. The van der Waals surface area contributed by atoms with Crippen LogP contribution in [0.5, 0.6) is 0 Å². The molecule has 0 saturated carbocycles. The van der Waals surface area contributed by atoms with Crippen LogP contribution >= 0.6 is 0 Å². The quantitative estimate of drug-likeness (QED) is 0.589. The van der Waals surface area contributed by atoms with Gasteiger partial charge in [0.05, 0.1) is 0 Å². The molecule has 0 atom stereocenters. The van der Waals surface area contributed by atoms with Crippen LogP contribution in [0.15, 0.2) is 10.2 Å². The van der Waals surface area contributed by atoms with Gasteiger partial charge in [0, 0.05) is 0 Å². The van der Waals surface area contributed by atoms with Gasteiger partial charge in [0.15, 0.2) is 22.8 Å². The molecule has 0 fully saturated rings. The van der Waals surface area contributed by atoms with E-state index in [-0.39, 0.29) is 23.3 Å². The molecule has 0 aromatic carbocycles. The number of carboxylic acids is 2. The number of aromatic amines is 2. The molecule has 12 heteroatoms. The topological polar surface area (TPSA) is 204 Å². The van der Waals surface area contributed by atoms with E-state index in [1.807, 2.05) is 0 Å². The Morgan fingerprint density at radius 2 is 1.64 bits per heavy atom. The zero-order valence-electron chi connectivity index (χ0n) is 10.4. The Balaban J connectivity index is 2.35. The van der Waals surface area contributed by atoms with Crippen molar-refractivity contribution >= 4 is 23.8 Å². The highest BCUT2D eigenvalue weighted by Crippen LogP contribution is 2.17. The van der Waals surface area contributed by atoms with Crippen LogP contribution in [0.2, 0.25) is 0 Å². The standard InChI is InChI=1S/C10H4N8O4/c11-1-3-4(2-12)14-9(13-3)17-18-10-15-5(7(19)20)6(16-10)8(21)22/h(H,13,14)(H,15,16)(H,19,20)(H,21,22). The van der Waals surface area contributed by atoms with Crippen molar-refractivity contribution in [2.75, 3.05) is 0 Å². The first-order chi connectivity index (χ1) is 10.5. The Morgan fingerprint density at radius 1 is 1.00 bits per heavy atom.